The molecule has 0 radical (unpaired) electrons. The number of anilines is 1. The first-order valence-electron chi connectivity index (χ1n) is 4.60. The number of nitrogens with zero attached hydrogens (tertiary/aromatic N) is 2. The second-order valence-corrected chi connectivity index (χ2v) is 3.26. The molecule has 0 aliphatic heterocycles. The quantitative estimate of drug-likeness (QED) is 0.643. The Morgan fingerprint density at radius 2 is 2.12 bits per heavy atom. The van der Waals surface area contributed by atoms with Gasteiger partial charge in [0.05, 0.1) is 6.42 Å². The van der Waals surface area contributed by atoms with Gasteiger partial charge in [0.2, 0.25) is 0 Å². The molecular weight excluding hydrogens is 212 g/mol. The molecule has 1 unspecified atom stereocenters. The van der Waals surface area contributed by atoms with Crippen LogP contribution < -0.4 is 11.1 Å². The van der Waals surface area contributed by atoms with Gasteiger partial charge in [-0.25, -0.2) is 9.97 Å². The zero-order chi connectivity index (χ0) is 12.1. The van der Waals surface area contributed by atoms with E-state index in [-0.39, 0.29) is 17.9 Å². The Hall–Kier alpha value is -2.18. The van der Waals surface area contributed by atoms with E-state index in [4.69, 9.17) is 10.8 Å². The highest BCUT2D eigenvalue weighted by Gasteiger charge is 2.15. The van der Waals surface area contributed by atoms with Crippen LogP contribution in [-0.4, -0.2) is 33.0 Å². The highest BCUT2D eigenvalue weighted by molar-refractivity contribution is 5.96. The number of aromatic nitrogens is 2. The summed E-state index contributed by atoms with van der Waals surface area (Å²) in [6, 6.07) is -0.494. The van der Waals surface area contributed by atoms with Crippen molar-refractivity contribution in [2.24, 2.45) is 0 Å². The molecule has 0 aliphatic rings. The van der Waals surface area contributed by atoms with Crippen molar-refractivity contribution in [2.45, 2.75) is 19.4 Å². The normalized spacial score (nSPS) is 11.8. The van der Waals surface area contributed by atoms with Crippen LogP contribution >= 0.6 is 0 Å². The number of rotatable bonds is 4. The molecule has 0 fully saturated rings. The molecule has 1 rings (SSSR count). The van der Waals surface area contributed by atoms with Gasteiger partial charge in [0.25, 0.3) is 5.91 Å². The van der Waals surface area contributed by atoms with Gasteiger partial charge in [0, 0.05) is 18.4 Å². The smallest absolute Gasteiger partial charge is 0.305 e. The number of hydrogen-bond acceptors (Lipinski definition) is 5. The van der Waals surface area contributed by atoms with Crippen molar-refractivity contribution >= 4 is 17.7 Å². The summed E-state index contributed by atoms with van der Waals surface area (Å²) in [6.07, 6.45) is 2.55. The number of nitrogen functional groups attached to an aromatic ring is 1. The average Bonchev–Trinajstić information content (AvgIpc) is 2.16. The van der Waals surface area contributed by atoms with Crippen molar-refractivity contribution in [3.05, 3.63) is 18.1 Å². The molecule has 86 valence electrons. The second kappa shape index (κ2) is 5.06. The van der Waals surface area contributed by atoms with Crippen LogP contribution in [0.15, 0.2) is 12.4 Å². The van der Waals surface area contributed by atoms with E-state index in [2.05, 4.69) is 15.3 Å². The molecule has 0 spiro atoms. The summed E-state index contributed by atoms with van der Waals surface area (Å²) < 4.78 is 0. The van der Waals surface area contributed by atoms with Gasteiger partial charge < -0.3 is 16.2 Å². The number of carbonyl (C=O) groups is 2. The van der Waals surface area contributed by atoms with Crippen LogP contribution in [0.2, 0.25) is 0 Å². The molecule has 0 bridgehead atoms. The number of hydrogen-bond donors (Lipinski definition) is 3. The van der Waals surface area contributed by atoms with Gasteiger partial charge in [-0.05, 0) is 6.92 Å². The summed E-state index contributed by atoms with van der Waals surface area (Å²) in [5, 5.41) is 11.0. The minimum Gasteiger partial charge on any atom is -0.481 e. The van der Waals surface area contributed by atoms with Crippen LogP contribution in [0.5, 0.6) is 0 Å². The highest BCUT2D eigenvalue weighted by atomic mass is 16.4. The number of amides is 1. The first kappa shape index (κ1) is 11.9. The second-order valence-electron chi connectivity index (χ2n) is 3.26. The first-order valence-corrected chi connectivity index (χ1v) is 4.60. The Labute approximate surface area is 91.7 Å². The van der Waals surface area contributed by atoms with Gasteiger partial charge in [-0.15, -0.1) is 0 Å². The van der Waals surface area contributed by atoms with E-state index in [9.17, 15) is 9.59 Å². The van der Waals surface area contributed by atoms with E-state index in [1.165, 1.54) is 12.4 Å². The summed E-state index contributed by atoms with van der Waals surface area (Å²) in [7, 11) is 0. The van der Waals surface area contributed by atoms with Crippen molar-refractivity contribution in [3.8, 4) is 0 Å². The molecule has 1 heterocycles. The minimum atomic E-state index is -0.986. The molecule has 1 aromatic heterocycles. The molecule has 0 saturated carbocycles. The molecule has 16 heavy (non-hydrogen) atoms. The van der Waals surface area contributed by atoms with Crippen LogP contribution in [0.25, 0.3) is 0 Å². The monoisotopic (exact) mass is 224 g/mol. The number of nitrogens with one attached hydrogen (secondary N) is 1. The van der Waals surface area contributed by atoms with E-state index in [0.717, 1.165) is 0 Å². The molecule has 1 aromatic rings. The predicted molar refractivity (Wildman–Crippen MR) is 55.6 cm³/mol. The van der Waals surface area contributed by atoms with Crippen LogP contribution in [0.1, 0.15) is 23.8 Å². The maximum atomic E-state index is 11.6. The van der Waals surface area contributed by atoms with E-state index in [0.29, 0.717) is 0 Å². The fourth-order valence-electron chi connectivity index (χ4n) is 1.13. The zero-order valence-corrected chi connectivity index (χ0v) is 8.67. The Kier molecular flexibility index (Phi) is 3.76. The van der Waals surface area contributed by atoms with Crippen molar-refractivity contribution in [1.29, 1.82) is 0 Å². The number of carbonyl (C=O) groups excluding carboxylic acids is 1. The van der Waals surface area contributed by atoms with E-state index in [1.54, 1.807) is 6.92 Å². The third-order valence-corrected chi connectivity index (χ3v) is 1.80. The standard InChI is InChI=1S/C9H12N4O3/c1-5(4-6(14)15)13-9(16)7-8(10)12-3-2-11-7/h2-3,5H,4H2,1H3,(H2,10,12)(H,13,16)(H,14,15). The lowest BCUT2D eigenvalue weighted by Gasteiger charge is -2.11. The Bertz CT molecular complexity index is 407. The van der Waals surface area contributed by atoms with Gasteiger partial charge in [-0.1, -0.05) is 0 Å². The van der Waals surface area contributed by atoms with Crippen molar-refractivity contribution in [2.75, 3.05) is 5.73 Å². The topological polar surface area (TPSA) is 118 Å². The van der Waals surface area contributed by atoms with Crippen molar-refractivity contribution in [1.82, 2.24) is 15.3 Å². The third-order valence-electron chi connectivity index (χ3n) is 1.80. The maximum Gasteiger partial charge on any atom is 0.305 e. The Balaban J connectivity index is 2.66. The van der Waals surface area contributed by atoms with Crippen LogP contribution in [0, 0.1) is 0 Å². The molecule has 4 N–H and O–H groups in total. The van der Waals surface area contributed by atoms with E-state index in [1.807, 2.05) is 0 Å². The fourth-order valence-corrected chi connectivity index (χ4v) is 1.13. The van der Waals surface area contributed by atoms with E-state index < -0.39 is 17.9 Å². The molecule has 0 aromatic carbocycles. The first-order chi connectivity index (χ1) is 7.50. The fraction of sp³-hybridized carbons (Fsp3) is 0.333. The molecule has 1 amide bonds. The van der Waals surface area contributed by atoms with E-state index >= 15 is 0 Å². The average molecular weight is 224 g/mol. The third kappa shape index (κ3) is 3.19. The highest BCUT2D eigenvalue weighted by Crippen LogP contribution is 2.03. The van der Waals surface area contributed by atoms with Gasteiger partial charge in [-0.3, -0.25) is 9.59 Å². The Morgan fingerprint density at radius 1 is 1.50 bits per heavy atom. The summed E-state index contributed by atoms with van der Waals surface area (Å²) in [4.78, 5) is 29.4. The van der Waals surface area contributed by atoms with Crippen LogP contribution in [0.4, 0.5) is 5.82 Å². The molecule has 7 heteroatoms. The minimum absolute atomic E-state index is 0.000242. The van der Waals surface area contributed by atoms with Crippen molar-refractivity contribution < 1.29 is 14.7 Å². The lowest BCUT2D eigenvalue weighted by Crippen LogP contribution is -2.35. The number of carboxylic acid groups (broad SMARTS) is 1. The van der Waals surface area contributed by atoms with Crippen LogP contribution in [0.3, 0.4) is 0 Å². The van der Waals surface area contributed by atoms with Crippen molar-refractivity contribution in [3.63, 3.8) is 0 Å². The summed E-state index contributed by atoms with van der Waals surface area (Å²) in [5.74, 6) is -1.50. The SMILES string of the molecule is CC(CC(=O)O)NC(=O)c1nccnc1N. The Morgan fingerprint density at radius 3 is 2.69 bits per heavy atom. The number of nitrogens with two attached hydrogens (primary N) is 1. The summed E-state index contributed by atoms with van der Waals surface area (Å²) in [6.45, 7) is 1.58. The molecule has 0 aliphatic carbocycles. The molecule has 0 saturated heterocycles. The summed E-state index contributed by atoms with van der Waals surface area (Å²) >= 11 is 0. The molecule has 1 atom stereocenters. The zero-order valence-electron chi connectivity index (χ0n) is 8.67. The lowest BCUT2D eigenvalue weighted by atomic mass is 10.2. The predicted octanol–water partition coefficient (Wildman–Crippen LogP) is -0.348. The summed E-state index contributed by atoms with van der Waals surface area (Å²) in [5.41, 5.74) is 5.45. The van der Waals surface area contributed by atoms with Gasteiger partial charge in [0.1, 0.15) is 0 Å². The van der Waals surface area contributed by atoms with Gasteiger partial charge >= 0.3 is 5.97 Å². The van der Waals surface area contributed by atoms with Gasteiger partial charge in [-0.2, -0.15) is 0 Å². The number of carboxylic acids is 1. The molecule has 7 nitrogen and oxygen atoms in total. The maximum absolute atomic E-state index is 11.6. The van der Waals surface area contributed by atoms with Gasteiger partial charge in [0.15, 0.2) is 11.5 Å². The molecular formula is C9H12N4O3. The van der Waals surface area contributed by atoms with Crippen LogP contribution in [-0.2, 0) is 4.79 Å². The largest absolute Gasteiger partial charge is 0.481 e. The lowest BCUT2D eigenvalue weighted by molar-refractivity contribution is -0.137. The number of aliphatic carboxylic acids is 1.